The summed E-state index contributed by atoms with van der Waals surface area (Å²) in [5, 5.41) is 20.2. The first kappa shape index (κ1) is 16.7. The molecule has 2 atom stereocenters. The van der Waals surface area contributed by atoms with Crippen LogP contribution in [0.5, 0.6) is 5.75 Å². The van der Waals surface area contributed by atoms with Gasteiger partial charge in [0.15, 0.2) is 5.75 Å². The molecule has 2 rings (SSSR count). The second-order valence-corrected chi connectivity index (χ2v) is 5.63. The monoisotopic (exact) mass is 322 g/mol. The standard InChI is InChI=1S/C15H18N2O6/c1-9-5-6-16(12(7-9)15(19)20)14(18)10-3-4-11(17(21)22)13(8-10)23-2/h3-4,8-9,12H,5-7H2,1-2H3,(H,19,20). The summed E-state index contributed by atoms with van der Waals surface area (Å²) in [7, 11) is 1.28. The van der Waals surface area contributed by atoms with Crippen LogP contribution in [0, 0.1) is 16.0 Å². The molecule has 1 N–H and O–H groups in total. The molecule has 1 aromatic rings. The Kier molecular flexibility index (Phi) is 4.83. The SMILES string of the molecule is COc1cc(C(=O)N2CCC(C)CC2C(=O)O)ccc1[N+](=O)[O-]. The Morgan fingerprint density at radius 3 is 2.70 bits per heavy atom. The summed E-state index contributed by atoms with van der Waals surface area (Å²) in [5.74, 6) is -1.30. The van der Waals surface area contributed by atoms with Crippen molar-refractivity contribution < 1.29 is 24.4 Å². The normalized spacial score (nSPS) is 20.9. The summed E-state index contributed by atoms with van der Waals surface area (Å²) in [5.41, 5.74) is -0.0700. The summed E-state index contributed by atoms with van der Waals surface area (Å²) < 4.78 is 4.95. The predicted molar refractivity (Wildman–Crippen MR) is 80.5 cm³/mol. The van der Waals surface area contributed by atoms with Crippen LogP contribution in [0.2, 0.25) is 0 Å². The second-order valence-electron chi connectivity index (χ2n) is 5.63. The number of nitro benzene ring substituents is 1. The minimum absolute atomic E-state index is 0.0295. The highest BCUT2D eigenvalue weighted by atomic mass is 16.6. The minimum Gasteiger partial charge on any atom is -0.490 e. The van der Waals surface area contributed by atoms with E-state index in [1.54, 1.807) is 0 Å². The van der Waals surface area contributed by atoms with Crippen LogP contribution in [0.25, 0.3) is 0 Å². The number of carbonyl (C=O) groups excluding carboxylic acids is 1. The van der Waals surface area contributed by atoms with Crippen LogP contribution in [0.1, 0.15) is 30.1 Å². The van der Waals surface area contributed by atoms with Gasteiger partial charge < -0.3 is 14.7 Å². The van der Waals surface area contributed by atoms with Crippen molar-refractivity contribution in [2.75, 3.05) is 13.7 Å². The van der Waals surface area contributed by atoms with Gasteiger partial charge in [0.2, 0.25) is 0 Å². The number of aliphatic carboxylic acids is 1. The molecule has 1 heterocycles. The molecule has 0 spiro atoms. The van der Waals surface area contributed by atoms with Gasteiger partial charge in [-0.3, -0.25) is 14.9 Å². The Morgan fingerprint density at radius 2 is 2.13 bits per heavy atom. The Hall–Kier alpha value is -2.64. The number of carboxylic acid groups (broad SMARTS) is 1. The van der Waals surface area contributed by atoms with E-state index in [0.29, 0.717) is 13.0 Å². The van der Waals surface area contributed by atoms with E-state index in [4.69, 9.17) is 4.74 Å². The number of rotatable bonds is 4. The number of carbonyl (C=O) groups is 2. The molecule has 1 fully saturated rings. The molecule has 8 heteroatoms. The minimum atomic E-state index is -1.04. The molecule has 1 aliphatic rings. The molecule has 0 bridgehead atoms. The molecule has 1 amide bonds. The average Bonchev–Trinajstić information content (AvgIpc) is 2.53. The molecular weight excluding hydrogens is 304 g/mol. The zero-order valence-electron chi connectivity index (χ0n) is 12.9. The summed E-state index contributed by atoms with van der Waals surface area (Å²) in [6.45, 7) is 2.29. The maximum atomic E-state index is 12.6. The Bertz CT molecular complexity index is 645. The van der Waals surface area contributed by atoms with E-state index in [9.17, 15) is 24.8 Å². The van der Waals surface area contributed by atoms with Crippen LogP contribution in [-0.4, -0.2) is 46.5 Å². The quantitative estimate of drug-likeness (QED) is 0.670. The van der Waals surface area contributed by atoms with Gasteiger partial charge in [-0.15, -0.1) is 0 Å². The number of hydrogen-bond acceptors (Lipinski definition) is 5. The van der Waals surface area contributed by atoms with Crippen LogP contribution < -0.4 is 4.74 Å². The number of nitrogens with zero attached hydrogens (tertiary/aromatic N) is 2. The topological polar surface area (TPSA) is 110 Å². The van der Waals surface area contributed by atoms with Gasteiger partial charge in [0.25, 0.3) is 5.91 Å². The third kappa shape index (κ3) is 3.41. The molecule has 1 aliphatic heterocycles. The Labute approximate surface area is 132 Å². The number of nitro groups is 1. The highest BCUT2D eigenvalue weighted by molar-refractivity contribution is 5.97. The molecule has 8 nitrogen and oxygen atoms in total. The average molecular weight is 322 g/mol. The van der Waals surface area contributed by atoms with Gasteiger partial charge in [0.1, 0.15) is 6.04 Å². The zero-order valence-corrected chi connectivity index (χ0v) is 12.9. The van der Waals surface area contributed by atoms with Crippen LogP contribution in [0.3, 0.4) is 0 Å². The fourth-order valence-corrected chi connectivity index (χ4v) is 2.75. The lowest BCUT2D eigenvalue weighted by Gasteiger charge is -2.36. The molecule has 1 aromatic carbocycles. The molecule has 0 saturated carbocycles. The second kappa shape index (κ2) is 6.64. The van der Waals surface area contributed by atoms with Crippen molar-refractivity contribution in [3.8, 4) is 5.75 Å². The molecule has 0 radical (unpaired) electrons. The van der Waals surface area contributed by atoms with E-state index in [-0.39, 0.29) is 22.9 Å². The lowest BCUT2D eigenvalue weighted by molar-refractivity contribution is -0.385. The number of hydrogen-bond donors (Lipinski definition) is 1. The van der Waals surface area contributed by atoms with Crippen LogP contribution >= 0.6 is 0 Å². The molecule has 124 valence electrons. The number of benzene rings is 1. The van der Waals surface area contributed by atoms with Crippen molar-refractivity contribution in [1.29, 1.82) is 0 Å². The number of amides is 1. The Balaban J connectivity index is 2.32. The summed E-state index contributed by atoms with van der Waals surface area (Å²) in [6.07, 6.45) is 1.12. The zero-order chi connectivity index (χ0) is 17.1. The highest BCUT2D eigenvalue weighted by Gasteiger charge is 2.35. The highest BCUT2D eigenvalue weighted by Crippen LogP contribution is 2.30. The molecule has 1 saturated heterocycles. The molecule has 2 unspecified atom stereocenters. The van der Waals surface area contributed by atoms with E-state index < -0.39 is 22.8 Å². The number of likely N-dealkylation sites (tertiary alicyclic amines) is 1. The summed E-state index contributed by atoms with van der Waals surface area (Å²) in [6, 6.07) is 2.90. The largest absolute Gasteiger partial charge is 0.490 e. The Morgan fingerprint density at radius 1 is 1.43 bits per heavy atom. The maximum absolute atomic E-state index is 12.6. The van der Waals surface area contributed by atoms with Crippen LogP contribution in [-0.2, 0) is 4.79 Å². The van der Waals surface area contributed by atoms with E-state index in [2.05, 4.69) is 0 Å². The van der Waals surface area contributed by atoms with Crippen molar-refractivity contribution in [2.45, 2.75) is 25.8 Å². The van der Waals surface area contributed by atoms with E-state index in [0.717, 1.165) is 6.42 Å². The molecule has 0 aromatic heterocycles. The molecule has 0 aliphatic carbocycles. The van der Waals surface area contributed by atoms with Gasteiger partial charge in [-0.2, -0.15) is 0 Å². The van der Waals surface area contributed by atoms with Crippen LogP contribution in [0.15, 0.2) is 18.2 Å². The third-order valence-corrected chi connectivity index (χ3v) is 4.03. The lowest BCUT2D eigenvalue weighted by atomic mass is 9.92. The van der Waals surface area contributed by atoms with Gasteiger partial charge >= 0.3 is 11.7 Å². The fraction of sp³-hybridized carbons (Fsp3) is 0.467. The number of piperidine rings is 1. The van der Waals surface area contributed by atoms with Gasteiger partial charge in [-0.25, -0.2) is 4.79 Å². The number of methoxy groups -OCH3 is 1. The molecule has 23 heavy (non-hydrogen) atoms. The van der Waals surface area contributed by atoms with E-state index in [1.165, 1.54) is 30.2 Å². The first-order valence-corrected chi connectivity index (χ1v) is 7.21. The van der Waals surface area contributed by atoms with Crippen molar-refractivity contribution in [2.24, 2.45) is 5.92 Å². The van der Waals surface area contributed by atoms with Gasteiger partial charge in [0.05, 0.1) is 12.0 Å². The van der Waals surface area contributed by atoms with Crippen molar-refractivity contribution >= 4 is 17.6 Å². The van der Waals surface area contributed by atoms with Crippen molar-refractivity contribution in [3.63, 3.8) is 0 Å². The summed E-state index contributed by atoms with van der Waals surface area (Å²) in [4.78, 5) is 35.6. The van der Waals surface area contributed by atoms with Crippen molar-refractivity contribution in [3.05, 3.63) is 33.9 Å². The number of carboxylic acids is 1. The predicted octanol–water partition coefficient (Wildman–Crippen LogP) is 1.93. The maximum Gasteiger partial charge on any atom is 0.326 e. The van der Waals surface area contributed by atoms with Gasteiger partial charge in [-0.1, -0.05) is 6.92 Å². The first-order chi connectivity index (χ1) is 10.8. The van der Waals surface area contributed by atoms with Gasteiger partial charge in [-0.05, 0) is 24.8 Å². The smallest absolute Gasteiger partial charge is 0.326 e. The van der Waals surface area contributed by atoms with E-state index >= 15 is 0 Å². The van der Waals surface area contributed by atoms with Crippen molar-refractivity contribution in [1.82, 2.24) is 4.90 Å². The summed E-state index contributed by atoms with van der Waals surface area (Å²) >= 11 is 0. The third-order valence-electron chi connectivity index (χ3n) is 4.03. The van der Waals surface area contributed by atoms with E-state index in [1.807, 2.05) is 6.92 Å². The van der Waals surface area contributed by atoms with Crippen LogP contribution in [0.4, 0.5) is 5.69 Å². The lowest BCUT2D eigenvalue weighted by Crippen LogP contribution is -2.49. The fourth-order valence-electron chi connectivity index (χ4n) is 2.75. The first-order valence-electron chi connectivity index (χ1n) is 7.21. The number of ether oxygens (including phenoxy) is 1. The van der Waals surface area contributed by atoms with Gasteiger partial charge in [0, 0.05) is 24.2 Å². The molecular formula is C15H18N2O6.